The fourth-order valence-electron chi connectivity index (χ4n) is 1.47. The molecule has 0 aliphatic carbocycles. The number of rotatable bonds is 4. The van der Waals surface area contributed by atoms with Crippen molar-refractivity contribution in [2.75, 3.05) is 6.61 Å². The van der Waals surface area contributed by atoms with Gasteiger partial charge in [0.25, 0.3) is 0 Å². The van der Waals surface area contributed by atoms with Crippen LogP contribution in [0.3, 0.4) is 0 Å². The number of hydrogen-bond donors (Lipinski definition) is 1. The van der Waals surface area contributed by atoms with E-state index in [4.69, 9.17) is 10.5 Å². The Morgan fingerprint density at radius 2 is 2.19 bits per heavy atom. The number of hydrogen-bond acceptors (Lipinski definition) is 2. The van der Waals surface area contributed by atoms with Crippen molar-refractivity contribution in [1.29, 1.82) is 0 Å². The predicted octanol–water partition coefficient (Wildman–Crippen LogP) is 2.81. The van der Waals surface area contributed by atoms with E-state index in [0.29, 0.717) is 13.2 Å². The molecule has 1 aromatic carbocycles. The van der Waals surface area contributed by atoms with Crippen molar-refractivity contribution in [2.24, 2.45) is 5.73 Å². The van der Waals surface area contributed by atoms with E-state index >= 15 is 0 Å². The molecule has 16 heavy (non-hydrogen) atoms. The maximum absolute atomic E-state index is 5.64. The summed E-state index contributed by atoms with van der Waals surface area (Å²) in [6.45, 7) is 11.1. The minimum absolute atomic E-state index is 0.0260. The summed E-state index contributed by atoms with van der Waals surface area (Å²) < 4.78 is 5.60. The highest BCUT2D eigenvalue weighted by atomic mass is 16.5. The molecule has 0 fully saturated rings. The molecule has 0 heterocycles. The Balaban J connectivity index is 3.11. The van der Waals surface area contributed by atoms with Gasteiger partial charge in [0.15, 0.2) is 0 Å². The van der Waals surface area contributed by atoms with Gasteiger partial charge < -0.3 is 10.5 Å². The zero-order valence-corrected chi connectivity index (χ0v) is 10.3. The summed E-state index contributed by atoms with van der Waals surface area (Å²) in [6.07, 6.45) is 1.73. The zero-order valence-electron chi connectivity index (χ0n) is 10.3. The largest absolute Gasteiger partial charge is 0.489 e. The van der Waals surface area contributed by atoms with E-state index in [9.17, 15) is 0 Å². The summed E-state index contributed by atoms with van der Waals surface area (Å²) in [5, 5.41) is 0. The van der Waals surface area contributed by atoms with Gasteiger partial charge >= 0.3 is 0 Å². The van der Waals surface area contributed by atoms with Gasteiger partial charge in [0.05, 0.1) is 0 Å². The number of nitrogens with two attached hydrogens (primary N) is 1. The molecule has 2 nitrogen and oxygen atoms in total. The van der Waals surface area contributed by atoms with Gasteiger partial charge in [-0.05, 0) is 17.0 Å². The smallest absolute Gasteiger partial charge is 0.131 e. The monoisotopic (exact) mass is 218 g/mol. The third-order valence-electron chi connectivity index (χ3n) is 2.35. The van der Waals surface area contributed by atoms with Crippen LogP contribution in [0.15, 0.2) is 24.8 Å². The molecule has 1 aromatic rings. The van der Waals surface area contributed by atoms with Gasteiger partial charge in [-0.2, -0.15) is 0 Å². The first kappa shape index (κ1) is 12.8. The molecule has 0 saturated heterocycles. The molecule has 0 saturated carbocycles. The van der Waals surface area contributed by atoms with Crippen LogP contribution in [0.25, 0.3) is 0 Å². The lowest BCUT2D eigenvalue weighted by atomic mass is 9.85. The average Bonchev–Trinajstić information content (AvgIpc) is 2.25. The van der Waals surface area contributed by atoms with E-state index in [-0.39, 0.29) is 5.41 Å². The van der Waals surface area contributed by atoms with Crippen molar-refractivity contribution in [3.63, 3.8) is 0 Å². The van der Waals surface area contributed by atoms with Crippen LogP contribution in [-0.2, 0) is 12.0 Å². The summed E-state index contributed by atoms with van der Waals surface area (Å²) in [5.74, 6) is 0.796. The second-order valence-electron chi connectivity index (χ2n) is 4.80. The van der Waals surface area contributed by atoms with Crippen LogP contribution in [0.2, 0.25) is 0 Å². The Morgan fingerprint density at radius 3 is 2.69 bits per heavy atom. The first-order valence-electron chi connectivity index (χ1n) is 5.48. The zero-order chi connectivity index (χ0) is 12.2. The van der Waals surface area contributed by atoms with Crippen molar-refractivity contribution < 1.29 is 4.74 Å². The molecule has 0 aliphatic heterocycles. The molecular weight excluding hydrogens is 198 g/mol. The summed E-state index contributed by atoms with van der Waals surface area (Å²) in [6, 6.07) is 7.12. The van der Waals surface area contributed by atoms with E-state index in [0.717, 1.165) is 16.9 Å². The summed E-state index contributed by atoms with van der Waals surface area (Å²) in [4.78, 5) is 0. The molecule has 1 radical (unpaired) electrons. The van der Waals surface area contributed by atoms with E-state index in [1.807, 2.05) is 6.07 Å². The van der Waals surface area contributed by atoms with E-state index in [1.165, 1.54) is 0 Å². The minimum Gasteiger partial charge on any atom is -0.489 e. The van der Waals surface area contributed by atoms with E-state index < -0.39 is 0 Å². The average molecular weight is 218 g/mol. The van der Waals surface area contributed by atoms with Gasteiger partial charge in [-0.1, -0.05) is 39.5 Å². The van der Waals surface area contributed by atoms with Crippen molar-refractivity contribution in [1.82, 2.24) is 0 Å². The van der Waals surface area contributed by atoms with E-state index in [2.05, 4.69) is 39.5 Å². The quantitative estimate of drug-likeness (QED) is 0.789. The SMILES string of the molecule is C=CCOc1[c]cc(CN)cc1C(C)(C)C. The van der Waals surface area contributed by atoms with Gasteiger partial charge in [-0.3, -0.25) is 0 Å². The normalized spacial score (nSPS) is 11.2. The molecule has 0 atom stereocenters. The van der Waals surface area contributed by atoms with Crippen LogP contribution in [0.1, 0.15) is 31.9 Å². The molecule has 0 bridgehead atoms. The molecule has 1 rings (SSSR count). The topological polar surface area (TPSA) is 35.2 Å². The van der Waals surface area contributed by atoms with Crippen LogP contribution in [0.4, 0.5) is 0 Å². The molecule has 2 heteroatoms. The first-order chi connectivity index (χ1) is 7.49. The molecule has 87 valence electrons. The first-order valence-corrected chi connectivity index (χ1v) is 5.48. The maximum Gasteiger partial charge on any atom is 0.131 e. The van der Waals surface area contributed by atoms with Crippen LogP contribution in [0, 0.1) is 6.07 Å². The molecule has 2 N–H and O–H groups in total. The van der Waals surface area contributed by atoms with Crippen LogP contribution in [0.5, 0.6) is 5.75 Å². The standard InChI is InChI=1S/C14H20NO/c1-5-8-16-13-7-6-11(10-15)9-12(13)14(2,3)4/h5-6,9H,1,8,10,15H2,2-4H3. The molecule has 0 unspecified atom stereocenters. The number of ether oxygens (including phenoxy) is 1. The Labute approximate surface area is 98.1 Å². The second kappa shape index (κ2) is 5.17. The van der Waals surface area contributed by atoms with Crippen molar-refractivity contribution in [2.45, 2.75) is 32.7 Å². The third kappa shape index (κ3) is 3.11. The lowest BCUT2D eigenvalue weighted by Gasteiger charge is -2.23. The Kier molecular flexibility index (Phi) is 4.13. The van der Waals surface area contributed by atoms with Crippen LogP contribution in [-0.4, -0.2) is 6.61 Å². The highest BCUT2D eigenvalue weighted by molar-refractivity contribution is 5.40. The summed E-state index contributed by atoms with van der Waals surface area (Å²) >= 11 is 0. The number of benzene rings is 1. The predicted molar refractivity (Wildman–Crippen MR) is 67.6 cm³/mol. The van der Waals surface area contributed by atoms with Gasteiger partial charge in [-0.25, -0.2) is 0 Å². The van der Waals surface area contributed by atoms with Gasteiger partial charge in [0.2, 0.25) is 0 Å². The second-order valence-corrected chi connectivity index (χ2v) is 4.80. The van der Waals surface area contributed by atoms with Crippen molar-refractivity contribution in [3.05, 3.63) is 42.0 Å². The maximum atomic E-state index is 5.64. The Bertz CT molecular complexity index is 363. The lowest BCUT2D eigenvalue weighted by Crippen LogP contribution is -2.14. The summed E-state index contributed by atoms with van der Waals surface area (Å²) in [7, 11) is 0. The molecule has 0 aliphatic rings. The molecular formula is C14H20NO. The van der Waals surface area contributed by atoms with Crippen LogP contribution >= 0.6 is 0 Å². The molecule has 0 spiro atoms. The van der Waals surface area contributed by atoms with E-state index in [1.54, 1.807) is 6.08 Å². The highest BCUT2D eigenvalue weighted by Gasteiger charge is 2.19. The molecule has 0 aromatic heterocycles. The van der Waals surface area contributed by atoms with Crippen molar-refractivity contribution in [3.8, 4) is 5.75 Å². The minimum atomic E-state index is 0.0260. The fourth-order valence-corrected chi connectivity index (χ4v) is 1.47. The molecule has 0 amide bonds. The Hall–Kier alpha value is -1.28. The van der Waals surface area contributed by atoms with Gasteiger partial charge in [0, 0.05) is 18.2 Å². The third-order valence-corrected chi connectivity index (χ3v) is 2.35. The van der Waals surface area contributed by atoms with Crippen molar-refractivity contribution >= 4 is 0 Å². The van der Waals surface area contributed by atoms with Crippen LogP contribution < -0.4 is 10.5 Å². The van der Waals surface area contributed by atoms with Gasteiger partial charge in [-0.15, -0.1) is 0 Å². The highest BCUT2D eigenvalue weighted by Crippen LogP contribution is 2.31. The summed E-state index contributed by atoms with van der Waals surface area (Å²) in [5.41, 5.74) is 7.88. The lowest BCUT2D eigenvalue weighted by molar-refractivity contribution is 0.350. The fraction of sp³-hybridized carbons (Fsp3) is 0.429. The Morgan fingerprint density at radius 1 is 1.50 bits per heavy atom. The van der Waals surface area contributed by atoms with Gasteiger partial charge in [0.1, 0.15) is 12.4 Å².